The Morgan fingerprint density at radius 3 is 2.92 bits per heavy atom. The molecule has 66 valence electrons. The fourth-order valence-electron chi connectivity index (χ4n) is 1.13. The minimum absolute atomic E-state index is 0.326. The first-order valence-corrected chi connectivity index (χ1v) is 3.68. The number of nitrogens with two attached hydrogens (primary N) is 1. The van der Waals surface area contributed by atoms with Gasteiger partial charge in [0.15, 0.2) is 5.82 Å². The minimum Gasteiger partial charge on any atom is -0.408 e. The van der Waals surface area contributed by atoms with Gasteiger partial charge in [0.25, 0.3) is 0 Å². The third-order valence-corrected chi connectivity index (χ3v) is 1.68. The molecular weight excluding hydrogens is 170 g/mol. The smallest absolute Gasteiger partial charge is 0.408 e. The topological polar surface area (TPSA) is 81.1 Å². The number of fused-ring (bicyclic) bond motifs is 1. The number of aromatic nitrogens is 1. The molecule has 0 amide bonds. The highest BCUT2D eigenvalue weighted by atomic mass is 16.4. The molecule has 0 aliphatic carbocycles. The summed E-state index contributed by atoms with van der Waals surface area (Å²) in [6.45, 7) is 0. The molecular formula is C8H7N3O2. The molecule has 1 aromatic heterocycles. The van der Waals surface area contributed by atoms with Gasteiger partial charge in [0.2, 0.25) is 0 Å². The molecule has 5 nitrogen and oxygen atoms in total. The number of para-hydroxylation sites is 1. The number of hydrogen-bond acceptors (Lipinski definition) is 5. The molecule has 0 radical (unpaired) electrons. The van der Waals surface area contributed by atoms with Gasteiger partial charge in [0, 0.05) is 0 Å². The Morgan fingerprint density at radius 1 is 1.38 bits per heavy atom. The van der Waals surface area contributed by atoms with Gasteiger partial charge in [-0.2, -0.15) is 4.98 Å². The van der Waals surface area contributed by atoms with Crippen molar-refractivity contribution in [3.05, 3.63) is 34.8 Å². The van der Waals surface area contributed by atoms with E-state index < -0.39 is 5.76 Å². The van der Waals surface area contributed by atoms with E-state index in [-0.39, 0.29) is 0 Å². The van der Waals surface area contributed by atoms with Crippen LogP contribution < -0.4 is 17.0 Å². The monoisotopic (exact) mass is 177 g/mol. The van der Waals surface area contributed by atoms with Gasteiger partial charge in [0.05, 0.1) is 5.39 Å². The Morgan fingerprint density at radius 2 is 2.15 bits per heavy atom. The maximum absolute atomic E-state index is 10.9. The molecule has 2 rings (SSSR count). The van der Waals surface area contributed by atoms with Crippen molar-refractivity contribution in [2.24, 2.45) is 5.84 Å². The molecule has 0 bridgehead atoms. The van der Waals surface area contributed by atoms with Crippen molar-refractivity contribution in [2.45, 2.75) is 0 Å². The number of nitrogens with one attached hydrogen (secondary N) is 1. The Bertz CT molecular complexity index is 492. The van der Waals surface area contributed by atoms with Crippen LogP contribution in [0.1, 0.15) is 0 Å². The highest BCUT2D eigenvalue weighted by Gasteiger charge is 2.03. The molecule has 0 spiro atoms. The van der Waals surface area contributed by atoms with Crippen LogP contribution in [0.4, 0.5) is 5.82 Å². The maximum atomic E-state index is 10.9. The molecule has 0 saturated carbocycles. The van der Waals surface area contributed by atoms with Gasteiger partial charge in [-0.1, -0.05) is 12.1 Å². The van der Waals surface area contributed by atoms with E-state index in [9.17, 15) is 4.79 Å². The number of hydrogen-bond donors (Lipinski definition) is 2. The van der Waals surface area contributed by atoms with Crippen LogP contribution >= 0.6 is 0 Å². The molecule has 13 heavy (non-hydrogen) atoms. The third kappa shape index (κ3) is 1.25. The average Bonchev–Trinajstić information content (AvgIpc) is 2.16. The van der Waals surface area contributed by atoms with Crippen molar-refractivity contribution in [3.63, 3.8) is 0 Å². The molecule has 5 heteroatoms. The third-order valence-electron chi connectivity index (χ3n) is 1.68. The summed E-state index contributed by atoms with van der Waals surface area (Å²) in [5.74, 6) is 4.86. The highest BCUT2D eigenvalue weighted by Crippen LogP contribution is 2.17. The van der Waals surface area contributed by atoms with Gasteiger partial charge in [0.1, 0.15) is 5.58 Å². The highest BCUT2D eigenvalue weighted by molar-refractivity contribution is 5.86. The summed E-state index contributed by atoms with van der Waals surface area (Å²) in [5, 5.41) is 0.685. The van der Waals surface area contributed by atoms with E-state index >= 15 is 0 Å². The molecule has 0 fully saturated rings. The van der Waals surface area contributed by atoms with Gasteiger partial charge in [-0.3, -0.25) is 0 Å². The van der Waals surface area contributed by atoms with Crippen LogP contribution in [0.2, 0.25) is 0 Å². The van der Waals surface area contributed by atoms with Crippen molar-refractivity contribution in [1.29, 1.82) is 0 Å². The standard InChI is InChI=1S/C8H7N3O2/c9-11-7-5-3-1-2-4-6(5)13-8(12)10-7/h1-4H,9H2,(H,10,11,12). The number of nitrogen functional groups attached to an aromatic ring is 1. The maximum Gasteiger partial charge on any atom is 0.441 e. The fourth-order valence-corrected chi connectivity index (χ4v) is 1.13. The Hall–Kier alpha value is -1.88. The summed E-state index contributed by atoms with van der Waals surface area (Å²) in [6.07, 6.45) is 0. The van der Waals surface area contributed by atoms with E-state index in [1.54, 1.807) is 18.2 Å². The van der Waals surface area contributed by atoms with E-state index in [1.807, 2.05) is 6.07 Å². The van der Waals surface area contributed by atoms with Gasteiger partial charge < -0.3 is 9.84 Å². The zero-order valence-corrected chi connectivity index (χ0v) is 6.65. The molecule has 0 atom stereocenters. The molecule has 3 N–H and O–H groups in total. The lowest BCUT2D eigenvalue weighted by molar-refractivity contribution is 0.533. The molecule has 1 aromatic carbocycles. The normalized spacial score (nSPS) is 10.2. The molecule has 2 aromatic rings. The summed E-state index contributed by atoms with van der Waals surface area (Å²) < 4.78 is 4.84. The van der Waals surface area contributed by atoms with Gasteiger partial charge in [-0.25, -0.2) is 10.6 Å². The van der Waals surface area contributed by atoms with Gasteiger partial charge in [-0.15, -0.1) is 0 Å². The van der Waals surface area contributed by atoms with Crippen LogP contribution in [0.3, 0.4) is 0 Å². The number of anilines is 1. The van der Waals surface area contributed by atoms with E-state index in [1.165, 1.54) is 0 Å². The summed E-state index contributed by atoms with van der Waals surface area (Å²) in [6, 6.07) is 7.02. The van der Waals surface area contributed by atoms with Crippen molar-refractivity contribution in [1.82, 2.24) is 4.98 Å². The number of rotatable bonds is 1. The fraction of sp³-hybridized carbons (Fsp3) is 0. The largest absolute Gasteiger partial charge is 0.441 e. The van der Waals surface area contributed by atoms with E-state index in [0.29, 0.717) is 16.8 Å². The van der Waals surface area contributed by atoms with Crippen LogP contribution in [-0.2, 0) is 0 Å². The Balaban J connectivity index is 2.89. The molecule has 0 aliphatic rings. The van der Waals surface area contributed by atoms with Crippen molar-refractivity contribution in [3.8, 4) is 0 Å². The summed E-state index contributed by atoms with van der Waals surface area (Å²) in [5.41, 5.74) is 2.81. The number of benzene rings is 1. The molecule has 1 heterocycles. The molecule has 0 aliphatic heterocycles. The first-order chi connectivity index (χ1) is 6.31. The summed E-state index contributed by atoms with van der Waals surface area (Å²) in [7, 11) is 0. The quantitative estimate of drug-likeness (QED) is 0.489. The lowest BCUT2D eigenvalue weighted by Crippen LogP contribution is -2.14. The predicted octanol–water partition coefficient (Wildman–Crippen LogP) is 0.474. The second-order valence-electron chi connectivity index (χ2n) is 2.47. The SMILES string of the molecule is NNc1nc(=O)oc2ccccc12. The van der Waals surface area contributed by atoms with Gasteiger partial charge in [-0.05, 0) is 12.1 Å². The van der Waals surface area contributed by atoms with E-state index in [4.69, 9.17) is 10.3 Å². The first kappa shape index (κ1) is 7.75. The van der Waals surface area contributed by atoms with Gasteiger partial charge >= 0.3 is 5.76 Å². The van der Waals surface area contributed by atoms with Crippen LogP contribution in [-0.4, -0.2) is 4.98 Å². The Kier molecular flexibility index (Phi) is 1.71. The van der Waals surface area contributed by atoms with Crippen LogP contribution in [0.5, 0.6) is 0 Å². The second-order valence-corrected chi connectivity index (χ2v) is 2.47. The molecule has 0 unspecified atom stereocenters. The lowest BCUT2D eigenvalue weighted by Gasteiger charge is -2.00. The van der Waals surface area contributed by atoms with Crippen molar-refractivity contribution >= 4 is 16.8 Å². The number of nitrogens with zero attached hydrogens (tertiary/aromatic N) is 1. The lowest BCUT2D eigenvalue weighted by atomic mass is 10.2. The van der Waals surface area contributed by atoms with Crippen LogP contribution in [0.15, 0.2) is 33.5 Å². The van der Waals surface area contributed by atoms with E-state index in [2.05, 4.69) is 10.4 Å². The minimum atomic E-state index is -0.661. The second kappa shape index (κ2) is 2.87. The summed E-state index contributed by atoms with van der Waals surface area (Å²) in [4.78, 5) is 14.5. The Labute approximate surface area is 73.2 Å². The van der Waals surface area contributed by atoms with Crippen LogP contribution in [0, 0.1) is 0 Å². The molecule has 0 saturated heterocycles. The zero-order valence-electron chi connectivity index (χ0n) is 6.65. The average molecular weight is 177 g/mol. The first-order valence-electron chi connectivity index (χ1n) is 3.68. The van der Waals surface area contributed by atoms with E-state index in [0.717, 1.165) is 0 Å². The van der Waals surface area contributed by atoms with Crippen molar-refractivity contribution in [2.75, 3.05) is 5.43 Å². The van der Waals surface area contributed by atoms with Crippen LogP contribution in [0.25, 0.3) is 11.0 Å². The van der Waals surface area contributed by atoms with Crippen molar-refractivity contribution < 1.29 is 4.42 Å². The zero-order chi connectivity index (χ0) is 9.26. The number of hydrazine groups is 1. The predicted molar refractivity (Wildman–Crippen MR) is 48.1 cm³/mol. The summed E-state index contributed by atoms with van der Waals surface area (Å²) >= 11 is 0.